The van der Waals surface area contributed by atoms with E-state index < -0.39 is 0 Å². The van der Waals surface area contributed by atoms with Gasteiger partial charge in [0, 0.05) is 0 Å². The van der Waals surface area contributed by atoms with Gasteiger partial charge in [-0.3, -0.25) is 5.41 Å². The summed E-state index contributed by atoms with van der Waals surface area (Å²) in [7, 11) is 0. The van der Waals surface area contributed by atoms with E-state index in [0.29, 0.717) is 13.2 Å². The third-order valence-electron chi connectivity index (χ3n) is 3.68. The number of benzene rings is 1. The maximum absolute atomic E-state index is 7.89. The summed E-state index contributed by atoms with van der Waals surface area (Å²) in [6, 6.07) is 7.63. The number of para-hydroxylation sites is 1. The first-order valence-electron chi connectivity index (χ1n) is 8.73. The first-order chi connectivity index (χ1) is 10.8. The summed E-state index contributed by atoms with van der Waals surface area (Å²) in [6.45, 7) is 5.36. The number of ether oxygens (including phenoxy) is 2. The Kier molecular flexibility index (Phi) is 10.2. The second kappa shape index (κ2) is 12.1. The Morgan fingerprint density at radius 1 is 0.909 bits per heavy atom. The Balaban J connectivity index is 2.21. The Hall–Kier alpha value is -1.51. The summed E-state index contributed by atoms with van der Waals surface area (Å²) in [5.41, 5.74) is 0.740. The molecule has 0 bridgehead atoms. The number of unbranched alkanes of at least 4 members (excludes halogenated alkanes) is 7. The van der Waals surface area contributed by atoms with Crippen molar-refractivity contribution in [2.75, 3.05) is 13.2 Å². The highest BCUT2D eigenvalue weighted by Crippen LogP contribution is 2.19. The highest BCUT2D eigenvalue weighted by atomic mass is 16.5. The summed E-state index contributed by atoms with van der Waals surface area (Å²) in [5.74, 6) is 0.943. The lowest BCUT2D eigenvalue weighted by Gasteiger charge is -2.12. The van der Waals surface area contributed by atoms with Crippen molar-refractivity contribution in [1.82, 2.24) is 0 Å². The van der Waals surface area contributed by atoms with Crippen molar-refractivity contribution in [3.05, 3.63) is 29.8 Å². The zero-order valence-electron chi connectivity index (χ0n) is 14.2. The van der Waals surface area contributed by atoms with E-state index in [1.165, 1.54) is 44.9 Å². The maximum Gasteiger partial charge on any atom is 0.217 e. The van der Waals surface area contributed by atoms with Crippen molar-refractivity contribution < 1.29 is 9.47 Å². The van der Waals surface area contributed by atoms with Crippen LogP contribution in [0.3, 0.4) is 0 Å². The van der Waals surface area contributed by atoms with E-state index in [2.05, 4.69) is 6.92 Å². The fraction of sp³-hybridized carbons (Fsp3) is 0.632. The van der Waals surface area contributed by atoms with Crippen LogP contribution in [-0.2, 0) is 4.74 Å². The minimum atomic E-state index is 0.189. The van der Waals surface area contributed by atoms with Crippen LogP contribution < -0.4 is 4.74 Å². The summed E-state index contributed by atoms with van der Waals surface area (Å²) in [5, 5.41) is 7.89. The molecule has 124 valence electrons. The van der Waals surface area contributed by atoms with Crippen LogP contribution in [0.25, 0.3) is 0 Å². The number of hydrogen-bond acceptors (Lipinski definition) is 3. The molecular weight excluding hydrogens is 274 g/mol. The topological polar surface area (TPSA) is 42.3 Å². The van der Waals surface area contributed by atoms with E-state index in [9.17, 15) is 0 Å². The van der Waals surface area contributed by atoms with Gasteiger partial charge in [-0.25, -0.2) is 0 Å². The Labute approximate surface area is 135 Å². The number of hydrogen-bond donors (Lipinski definition) is 1. The van der Waals surface area contributed by atoms with Gasteiger partial charge in [-0.05, 0) is 25.5 Å². The van der Waals surface area contributed by atoms with Gasteiger partial charge in [0.25, 0.3) is 0 Å². The summed E-state index contributed by atoms with van der Waals surface area (Å²) < 4.78 is 11.1. The molecule has 0 aliphatic carbocycles. The standard InChI is InChI=1S/C19H31NO2/c1-3-5-6-7-8-9-10-13-16-22-18-15-12-11-14-17(18)19(20)21-4-2/h11-12,14-15,20H,3-10,13,16H2,1-2H3. The Bertz CT molecular complexity index is 418. The highest BCUT2D eigenvalue weighted by molar-refractivity contribution is 5.94. The fourth-order valence-corrected chi connectivity index (χ4v) is 2.42. The Morgan fingerprint density at radius 3 is 2.23 bits per heavy atom. The molecule has 0 amide bonds. The maximum atomic E-state index is 7.89. The first kappa shape index (κ1) is 18.5. The monoisotopic (exact) mass is 305 g/mol. The number of nitrogens with one attached hydrogen (secondary N) is 1. The van der Waals surface area contributed by atoms with E-state index in [-0.39, 0.29) is 5.90 Å². The van der Waals surface area contributed by atoms with Gasteiger partial charge >= 0.3 is 0 Å². The van der Waals surface area contributed by atoms with E-state index in [1.807, 2.05) is 31.2 Å². The van der Waals surface area contributed by atoms with Gasteiger partial charge in [-0.1, -0.05) is 64.0 Å². The van der Waals surface area contributed by atoms with Gasteiger partial charge in [-0.15, -0.1) is 0 Å². The van der Waals surface area contributed by atoms with E-state index in [0.717, 1.165) is 17.7 Å². The molecule has 1 aromatic rings. The molecule has 1 N–H and O–H groups in total. The largest absolute Gasteiger partial charge is 0.493 e. The van der Waals surface area contributed by atoms with E-state index >= 15 is 0 Å². The van der Waals surface area contributed by atoms with Gasteiger partial charge in [0.1, 0.15) is 5.75 Å². The van der Waals surface area contributed by atoms with Crippen molar-refractivity contribution in [3.8, 4) is 5.75 Å². The molecule has 3 nitrogen and oxygen atoms in total. The highest BCUT2D eigenvalue weighted by Gasteiger charge is 2.09. The van der Waals surface area contributed by atoms with Crippen LogP contribution in [0.4, 0.5) is 0 Å². The van der Waals surface area contributed by atoms with Crippen LogP contribution in [0, 0.1) is 5.41 Å². The molecule has 0 aromatic heterocycles. The summed E-state index contributed by atoms with van der Waals surface area (Å²) >= 11 is 0. The normalized spacial score (nSPS) is 10.5. The summed E-state index contributed by atoms with van der Waals surface area (Å²) in [6.07, 6.45) is 10.3. The molecule has 3 heteroatoms. The zero-order valence-corrected chi connectivity index (χ0v) is 14.2. The third kappa shape index (κ3) is 7.48. The second-order valence-corrected chi connectivity index (χ2v) is 5.58. The zero-order chi connectivity index (χ0) is 16.0. The van der Waals surface area contributed by atoms with Gasteiger partial charge in [0.15, 0.2) is 0 Å². The average Bonchev–Trinajstić information content (AvgIpc) is 2.54. The van der Waals surface area contributed by atoms with Crippen molar-refractivity contribution in [2.45, 2.75) is 65.2 Å². The van der Waals surface area contributed by atoms with Crippen molar-refractivity contribution in [1.29, 1.82) is 5.41 Å². The van der Waals surface area contributed by atoms with Crippen molar-refractivity contribution >= 4 is 5.90 Å². The molecule has 0 aliphatic heterocycles. The quantitative estimate of drug-likeness (QED) is 0.312. The van der Waals surface area contributed by atoms with E-state index in [4.69, 9.17) is 14.9 Å². The lowest BCUT2D eigenvalue weighted by atomic mass is 10.1. The molecule has 0 saturated carbocycles. The molecule has 0 saturated heterocycles. The molecule has 0 atom stereocenters. The smallest absolute Gasteiger partial charge is 0.217 e. The molecule has 0 radical (unpaired) electrons. The predicted octanol–water partition coefficient (Wildman–Crippen LogP) is 5.57. The molecule has 0 heterocycles. The van der Waals surface area contributed by atoms with Gasteiger partial charge in [0.2, 0.25) is 5.90 Å². The third-order valence-corrected chi connectivity index (χ3v) is 3.68. The lowest BCUT2D eigenvalue weighted by Crippen LogP contribution is -2.08. The van der Waals surface area contributed by atoms with Crippen LogP contribution in [-0.4, -0.2) is 19.1 Å². The molecule has 1 aromatic carbocycles. The molecule has 0 aliphatic rings. The van der Waals surface area contributed by atoms with Crippen LogP contribution >= 0.6 is 0 Å². The molecular formula is C19H31NO2. The lowest BCUT2D eigenvalue weighted by molar-refractivity contribution is 0.296. The second-order valence-electron chi connectivity index (χ2n) is 5.58. The van der Waals surface area contributed by atoms with Crippen molar-refractivity contribution in [2.24, 2.45) is 0 Å². The minimum absolute atomic E-state index is 0.189. The van der Waals surface area contributed by atoms with Gasteiger partial charge in [-0.2, -0.15) is 0 Å². The van der Waals surface area contributed by atoms with Crippen LogP contribution in [0.15, 0.2) is 24.3 Å². The van der Waals surface area contributed by atoms with Gasteiger partial charge < -0.3 is 9.47 Å². The first-order valence-corrected chi connectivity index (χ1v) is 8.73. The summed E-state index contributed by atoms with van der Waals surface area (Å²) in [4.78, 5) is 0. The molecule has 1 rings (SSSR count). The van der Waals surface area contributed by atoms with Crippen LogP contribution in [0.1, 0.15) is 70.8 Å². The van der Waals surface area contributed by atoms with Crippen LogP contribution in [0.2, 0.25) is 0 Å². The fourth-order valence-electron chi connectivity index (χ4n) is 2.42. The van der Waals surface area contributed by atoms with E-state index in [1.54, 1.807) is 0 Å². The number of rotatable bonds is 12. The SMILES string of the molecule is CCCCCCCCCCOc1ccccc1C(=N)OCC. The minimum Gasteiger partial charge on any atom is -0.493 e. The van der Waals surface area contributed by atoms with Crippen LogP contribution in [0.5, 0.6) is 5.75 Å². The average molecular weight is 305 g/mol. The molecule has 22 heavy (non-hydrogen) atoms. The molecule has 0 unspecified atom stereocenters. The predicted molar refractivity (Wildman–Crippen MR) is 93.0 cm³/mol. The Morgan fingerprint density at radius 2 is 1.55 bits per heavy atom. The molecule has 0 spiro atoms. The van der Waals surface area contributed by atoms with Crippen molar-refractivity contribution in [3.63, 3.8) is 0 Å². The van der Waals surface area contributed by atoms with Gasteiger partial charge in [0.05, 0.1) is 18.8 Å². The molecule has 0 fully saturated rings.